The predicted molar refractivity (Wildman–Crippen MR) is 71.9 cm³/mol. The highest BCUT2D eigenvalue weighted by molar-refractivity contribution is 6.05. The maximum absolute atomic E-state index is 12.1. The molecule has 122 valence electrons. The first kappa shape index (κ1) is 16.4. The second kappa shape index (κ2) is 7.35. The number of carbonyl (C=O) groups excluding carboxylic acids is 3. The van der Waals surface area contributed by atoms with Gasteiger partial charge in [0.15, 0.2) is 12.0 Å². The number of aldehydes is 1. The van der Waals surface area contributed by atoms with Crippen LogP contribution in [-0.4, -0.2) is 31.4 Å². The quantitative estimate of drug-likeness (QED) is 0.259. The Bertz CT molecular complexity index is 810. The zero-order valence-corrected chi connectivity index (χ0v) is 11.6. The lowest BCUT2D eigenvalue weighted by Gasteiger charge is -2.13. The van der Waals surface area contributed by atoms with Gasteiger partial charge in [-0.05, 0) is 17.1 Å². The number of nitrogens with zero attached hydrogens (tertiary/aromatic N) is 6. The molecule has 0 saturated carbocycles. The first-order valence-corrected chi connectivity index (χ1v) is 6.07. The van der Waals surface area contributed by atoms with Crippen LogP contribution in [0.2, 0.25) is 0 Å². The van der Waals surface area contributed by atoms with Crippen LogP contribution in [0, 0.1) is 0 Å². The van der Waals surface area contributed by atoms with Gasteiger partial charge in [-0.25, -0.2) is 9.59 Å². The average molecular weight is 334 g/mol. The van der Waals surface area contributed by atoms with E-state index in [1.807, 2.05) is 0 Å². The minimum absolute atomic E-state index is 0.0407. The van der Waals surface area contributed by atoms with E-state index in [1.165, 1.54) is 0 Å². The maximum Gasteiger partial charge on any atom is 0.357 e. The summed E-state index contributed by atoms with van der Waals surface area (Å²) in [4.78, 5) is 48.2. The molecule has 1 heterocycles. The molecule has 0 fully saturated rings. The number of fused-ring (bicyclic) bond motifs is 2. The van der Waals surface area contributed by atoms with Crippen molar-refractivity contribution in [3.05, 3.63) is 43.6 Å². The molecule has 0 saturated heterocycles. The third kappa shape index (κ3) is 3.11. The van der Waals surface area contributed by atoms with Crippen molar-refractivity contribution in [2.45, 2.75) is 0 Å². The highest BCUT2D eigenvalue weighted by Crippen LogP contribution is 2.38. The minimum atomic E-state index is -1.22. The van der Waals surface area contributed by atoms with Gasteiger partial charge < -0.3 is 19.1 Å². The first-order valence-electron chi connectivity index (χ1n) is 6.07. The van der Waals surface area contributed by atoms with Crippen LogP contribution in [0.1, 0.15) is 31.1 Å². The molecular weight excluding hydrogens is 328 g/mol. The van der Waals surface area contributed by atoms with Crippen molar-refractivity contribution < 1.29 is 33.5 Å². The van der Waals surface area contributed by atoms with E-state index in [1.54, 1.807) is 0 Å². The number of azide groups is 2. The molecule has 13 heteroatoms. The summed E-state index contributed by atoms with van der Waals surface area (Å²) in [5.74, 6) is -2.95. The van der Waals surface area contributed by atoms with Crippen LogP contribution < -0.4 is 9.47 Å². The molecule has 13 nitrogen and oxygen atoms in total. The summed E-state index contributed by atoms with van der Waals surface area (Å²) in [6.45, 7) is -0.115. The van der Waals surface area contributed by atoms with E-state index in [2.05, 4.69) is 30.1 Å². The highest BCUT2D eigenvalue weighted by atomic mass is 16.7. The van der Waals surface area contributed by atoms with Gasteiger partial charge in [-0.3, -0.25) is 4.79 Å². The van der Waals surface area contributed by atoms with Crippen LogP contribution in [-0.2, 0) is 9.68 Å². The van der Waals surface area contributed by atoms with Gasteiger partial charge in [0.2, 0.25) is 0 Å². The van der Waals surface area contributed by atoms with Crippen molar-refractivity contribution in [2.75, 3.05) is 13.2 Å². The second-order valence-electron chi connectivity index (χ2n) is 3.96. The number of hydrogen-bond acceptors (Lipinski definition) is 9. The van der Waals surface area contributed by atoms with Crippen molar-refractivity contribution in [1.82, 2.24) is 0 Å². The Morgan fingerprint density at radius 1 is 1.08 bits per heavy atom. The van der Waals surface area contributed by atoms with E-state index in [4.69, 9.17) is 20.5 Å². The molecule has 0 aromatic heterocycles. The molecule has 0 spiro atoms. The van der Waals surface area contributed by atoms with E-state index in [0.717, 1.165) is 6.07 Å². The van der Waals surface area contributed by atoms with E-state index in [9.17, 15) is 14.4 Å². The van der Waals surface area contributed by atoms with E-state index < -0.39 is 17.5 Å². The smallest absolute Gasteiger partial charge is 0.357 e. The van der Waals surface area contributed by atoms with Gasteiger partial charge in [-0.15, -0.1) is 0 Å². The van der Waals surface area contributed by atoms with Gasteiger partial charge in [-0.2, -0.15) is 0 Å². The molecule has 0 amide bonds. The molecule has 2 bridgehead atoms. The standard InChI is InChI=1S/C11H6N6O7/c12-14-16-23-10(19)6-3-5(4-18)8-7(11(20)24-17-15-13)9(6)22-2-1-21-8/h3-4H,1-2H2. The normalized spacial score (nSPS) is 11.3. The molecule has 1 aromatic rings. The van der Waals surface area contributed by atoms with Gasteiger partial charge in [0.25, 0.3) is 0 Å². The van der Waals surface area contributed by atoms with Crippen LogP contribution >= 0.6 is 0 Å². The second-order valence-corrected chi connectivity index (χ2v) is 3.96. The lowest BCUT2D eigenvalue weighted by atomic mass is 10.0. The third-order valence-electron chi connectivity index (χ3n) is 2.71. The summed E-state index contributed by atoms with van der Waals surface area (Å²) in [5, 5.41) is 5.29. The lowest BCUT2D eigenvalue weighted by Crippen LogP contribution is -2.12. The Morgan fingerprint density at radius 3 is 2.25 bits per heavy atom. The SMILES string of the molecule is [N-]=[N+]=NOC(=O)c1cc(C=O)c2c(C(=O)ON=[N+]=[N-])c1OCCO2. The van der Waals surface area contributed by atoms with Crippen molar-refractivity contribution in [1.29, 1.82) is 0 Å². The molecule has 24 heavy (non-hydrogen) atoms. The van der Waals surface area contributed by atoms with Crippen molar-refractivity contribution in [2.24, 2.45) is 10.6 Å². The number of rotatable bonds is 5. The van der Waals surface area contributed by atoms with E-state index in [-0.39, 0.29) is 35.8 Å². The molecule has 1 aliphatic rings. The summed E-state index contributed by atoms with van der Waals surface area (Å²) < 4.78 is 10.5. The molecule has 0 radical (unpaired) electrons. The highest BCUT2D eigenvalue weighted by Gasteiger charge is 2.32. The monoisotopic (exact) mass is 334 g/mol. The fourth-order valence-corrected chi connectivity index (χ4v) is 1.89. The largest absolute Gasteiger partial charge is 0.488 e. The summed E-state index contributed by atoms with van der Waals surface area (Å²) in [6, 6.07) is 1.03. The fraction of sp³-hybridized carbons (Fsp3) is 0.182. The minimum Gasteiger partial charge on any atom is -0.488 e. The maximum atomic E-state index is 12.1. The summed E-state index contributed by atoms with van der Waals surface area (Å²) in [6.07, 6.45) is 0.319. The molecule has 0 aliphatic carbocycles. The summed E-state index contributed by atoms with van der Waals surface area (Å²) in [5.41, 5.74) is 15.4. The van der Waals surface area contributed by atoms with Crippen LogP contribution in [0.15, 0.2) is 16.6 Å². The van der Waals surface area contributed by atoms with Gasteiger partial charge >= 0.3 is 11.9 Å². The first-order chi connectivity index (χ1) is 11.6. The van der Waals surface area contributed by atoms with Gasteiger partial charge in [0.1, 0.15) is 40.6 Å². The molecule has 0 N–H and O–H groups in total. The Hall–Kier alpha value is -3.95. The molecule has 1 aromatic carbocycles. The fourth-order valence-electron chi connectivity index (χ4n) is 1.89. The molecule has 1 aliphatic heterocycles. The summed E-state index contributed by atoms with van der Waals surface area (Å²) in [7, 11) is 0. The Labute approximate surface area is 131 Å². The summed E-state index contributed by atoms with van der Waals surface area (Å²) >= 11 is 0. The predicted octanol–water partition coefficient (Wildman–Crippen LogP) is 2.03. The Morgan fingerprint density at radius 2 is 1.67 bits per heavy atom. The lowest BCUT2D eigenvalue weighted by molar-refractivity contribution is 0.0496. The number of benzene rings is 1. The van der Waals surface area contributed by atoms with E-state index >= 15 is 0 Å². The zero-order valence-electron chi connectivity index (χ0n) is 11.6. The van der Waals surface area contributed by atoms with Gasteiger partial charge in [0, 0.05) is 9.82 Å². The van der Waals surface area contributed by atoms with Crippen molar-refractivity contribution >= 4 is 18.2 Å². The van der Waals surface area contributed by atoms with E-state index in [0.29, 0.717) is 6.29 Å². The molecule has 0 unspecified atom stereocenters. The number of carbonyl (C=O) groups is 3. The van der Waals surface area contributed by atoms with Crippen LogP contribution in [0.3, 0.4) is 0 Å². The number of hydrogen-bond donors (Lipinski definition) is 0. The van der Waals surface area contributed by atoms with Crippen molar-refractivity contribution in [3.8, 4) is 11.5 Å². The zero-order chi connectivity index (χ0) is 17.5. The van der Waals surface area contributed by atoms with Crippen LogP contribution in [0.5, 0.6) is 11.5 Å². The van der Waals surface area contributed by atoms with Crippen molar-refractivity contribution in [3.63, 3.8) is 0 Å². The topological polar surface area (TPSA) is 186 Å². The number of ether oxygens (including phenoxy) is 2. The Kier molecular flexibility index (Phi) is 5.03. The molecular formula is C11H6N6O7. The molecule has 0 atom stereocenters. The molecule has 2 rings (SSSR count). The van der Waals surface area contributed by atoms with Gasteiger partial charge in [-0.1, -0.05) is 0 Å². The average Bonchev–Trinajstić information content (AvgIpc) is 2.76. The van der Waals surface area contributed by atoms with Gasteiger partial charge in [0.05, 0.1) is 5.56 Å². The van der Waals surface area contributed by atoms with Crippen LogP contribution in [0.25, 0.3) is 20.9 Å². The van der Waals surface area contributed by atoms with Crippen LogP contribution in [0.4, 0.5) is 0 Å². The third-order valence-corrected chi connectivity index (χ3v) is 2.71. The Balaban J connectivity index is 2.68.